The van der Waals surface area contributed by atoms with Crippen LogP contribution in [0.4, 0.5) is 37.7 Å². The maximum absolute atomic E-state index is 13.7. The van der Waals surface area contributed by atoms with Crippen molar-refractivity contribution in [3.05, 3.63) is 117 Å². The van der Waals surface area contributed by atoms with Gasteiger partial charge >= 0.3 is 12.4 Å². The Morgan fingerprint density at radius 2 is 0.962 bits per heavy atom. The van der Waals surface area contributed by atoms with Gasteiger partial charge in [0.15, 0.2) is 19.7 Å². The number of hydrogen-bond acceptors (Lipinski definition) is 14. The van der Waals surface area contributed by atoms with E-state index in [0.717, 1.165) is 98.4 Å². The highest BCUT2D eigenvalue weighted by Gasteiger charge is 2.48. The van der Waals surface area contributed by atoms with Crippen LogP contribution in [0.3, 0.4) is 0 Å². The van der Waals surface area contributed by atoms with Gasteiger partial charge in [0.1, 0.15) is 0 Å². The average molecular weight is 1130 g/mol. The van der Waals surface area contributed by atoms with Crippen LogP contribution in [0, 0.1) is 24.7 Å². The Labute approximate surface area is 449 Å². The van der Waals surface area contributed by atoms with Gasteiger partial charge in [0.2, 0.25) is 11.6 Å². The Hall–Kier alpha value is -5.40. The minimum Gasteiger partial charge on any atom is -0.378 e. The second-order valence-corrected chi connectivity index (χ2v) is 26.7. The van der Waals surface area contributed by atoms with E-state index in [4.69, 9.17) is 19.4 Å². The first-order valence-corrected chi connectivity index (χ1v) is 30.2. The summed E-state index contributed by atoms with van der Waals surface area (Å²) < 4.78 is 146. The number of anilines is 2. The predicted octanol–water partition coefficient (Wildman–Crippen LogP) is 6.99. The topological polar surface area (TPSA) is 160 Å². The Morgan fingerprint density at radius 1 is 0.564 bits per heavy atom. The molecule has 10 heterocycles. The highest BCUT2D eigenvalue weighted by Crippen LogP contribution is 2.43. The van der Waals surface area contributed by atoms with Gasteiger partial charge in [0.05, 0.1) is 107 Å². The Balaban J connectivity index is 0.000000165. The average Bonchev–Trinajstić information content (AvgIpc) is 4.30. The minimum absolute atomic E-state index is 0.208. The van der Waals surface area contributed by atoms with E-state index in [9.17, 15) is 43.2 Å². The normalized spacial score (nSPS) is 23.8. The zero-order chi connectivity index (χ0) is 54.8. The van der Waals surface area contributed by atoms with Crippen LogP contribution >= 0.6 is 0 Å². The number of sulfone groups is 2. The standard InChI is InChI=1S/2C27H32F3N5O3S/c2*1-19-20(3-2-4-22(19)27(28,29)30)13-24-23(16-33-7-5-26(17-33)6-12-39(36,37)18-26)32-25-31-14-21(15-35(24)25)34-8-10-38-11-9-34/h2*2-4,14-15H,5-13,16-18H2,1H3. The van der Waals surface area contributed by atoms with Crippen molar-refractivity contribution in [2.24, 2.45) is 10.8 Å². The van der Waals surface area contributed by atoms with Crippen molar-refractivity contribution >= 4 is 42.6 Å². The van der Waals surface area contributed by atoms with Crippen molar-refractivity contribution in [3.8, 4) is 0 Å². The summed E-state index contributed by atoms with van der Waals surface area (Å²) in [5, 5.41) is 0. The molecule has 6 fully saturated rings. The summed E-state index contributed by atoms with van der Waals surface area (Å²) >= 11 is 0. The molecule has 78 heavy (non-hydrogen) atoms. The van der Waals surface area contributed by atoms with E-state index in [1.54, 1.807) is 24.5 Å². The maximum atomic E-state index is 13.7. The van der Waals surface area contributed by atoms with E-state index in [0.29, 0.717) is 88.1 Å². The van der Waals surface area contributed by atoms with E-state index in [-0.39, 0.29) is 57.8 Å². The van der Waals surface area contributed by atoms with E-state index in [1.165, 1.54) is 26.0 Å². The molecule has 6 aliphatic heterocycles. The van der Waals surface area contributed by atoms with Crippen molar-refractivity contribution < 1.29 is 52.7 Å². The van der Waals surface area contributed by atoms with Crippen LogP contribution in [0.1, 0.15) is 81.8 Å². The third-order valence-electron chi connectivity index (χ3n) is 17.0. The molecule has 2 unspecified atom stereocenters. The van der Waals surface area contributed by atoms with Crippen molar-refractivity contribution in [1.29, 1.82) is 0 Å². The molecule has 0 aliphatic carbocycles. The molecule has 12 rings (SSSR count). The molecule has 4 aromatic heterocycles. The van der Waals surface area contributed by atoms with E-state index >= 15 is 0 Å². The van der Waals surface area contributed by atoms with Gasteiger partial charge in [-0.05, 0) is 97.8 Å². The number of hydrogen-bond donors (Lipinski definition) is 0. The lowest BCUT2D eigenvalue weighted by atomic mass is 9.87. The molecule has 2 spiro atoms. The highest BCUT2D eigenvalue weighted by atomic mass is 32.2. The largest absolute Gasteiger partial charge is 0.416 e. The summed E-state index contributed by atoms with van der Waals surface area (Å²) in [5.41, 5.74) is 4.85. The number of aromatic nitrogens is 6. The third kappa shape index (κ3) is 11.5. The molecule has 0 radical (unpaired) electrons. The van der Waals surface area contributed by atoms with Crippen molar-refractivity contribution in [2.45, 2.75) is 77.8 Å². The zero-order valence-corrected chi connectivity index (χ0v) is 45.4. The lowest BCUT2D eigenvalue weighted by molar-refractivity contribution is -0.138. The molecule has 2 aromatic carbocycles. The third-order valence-corrected chi connectivity index (χ3v) is 20.7. The summed E-state index contributed by atoms with van der Waals surface area (Å²) in [6.45, 7) is 12.3. The fraction of sp³-hybridized carbons (Fsp3) is 0.556. The Bertz CT molecular complexity index is 3230. The van der Waals surface area contributed by atoms with Gasteiger partial charge in [-0.15, -0.1) is 0 Å². The van der Waals surface area contributed by atoms with Gasteiger partial charge < -0.3 is 19.3 Å². The first-order valence-electron chi connectivity index (χ1n) is 26.6. The van der Waals surface area contributed by atoms with Crippen molar-refractivity contribution in [2.75, 3.05) is 112 Å². The second kappa shape index (κ2) is 20.9. The Morgan fingerprint density at radius 3 is 1.32 bits per heavy atom. The molecular weight excluding hydrogens is 1060 g/mol. The summed E-state index contributed by atoms with van der Waals surface area (Å²) in [7, 11) is -6.00. The fourth-order valence-corrected chi connectivity index (χ4v) is 17.1. The van der Waals surface area contributed by atoms with E-state index < -0.39 is 43.2 Å². The number of fused-ring (bicyclic) bond motifs is 2. The molecule has 6 aromatic rings. The van der Waals surface area contributed by atoms with Crippen molar-refractivity contribution in [1.82, 2.24) is 38.5 Å². The molecule has 0 bridgehead atoms. The number of likely N-dealkylation sites (tertiary alicyclic amines) is 2. The van der Waals surface area contributed by atoms with Crippen molar-refractivity contribution in [3.63, 3.8) is 0 Å². The highest BCUT2D eigenvalue weighted by molar-refractivity contribution is 7.91. The maximum Gasteiger partial charge on any atom is 0.416 e. The lowest BCUT2D eigenvalue weighted by Gasteiger charge is -2.28. The molecule has 24 heteroatoms. The number of morpholine rings is 2. The molecule has 16 nitrogen and oxygen atoms in total. The SMILES string of the molecule is Cc1c(Cc2c(CN3CCC4(CCS(=O)(=O)C4)C3)nc3ncc(N4CCOCC4)cn23)cccc1C(F)(F)F.Cc1c(Cc2c(CN3CCC4(CCS(=O)(=O)C4)C3)nc3ncc(N4CCOCC4)cn23)cccc1C(F)(F)F. The minimum atomic E-state index is -4.43. The number of rotatable bonds is 10. The predicted molar refractivity (Wildman–Crippen MR) is 281 cm³/mol. The molecule has 420 valence electrons. The monoisotopic (exact) mass is 1130 g/mol. The van der Waals surface area contributed by atoms with Gasteiger partial charge in [-0.1, -0.05) is 24.3 Å². The van der Waals surface area contributed by atoms with Crippen LogP contribution in [-0.2, 0) is 67.4 Å². The molecule has 0 N–H and O–H groups in total. The quantitative estimate of drug-likeness (QED) is 0.129. The van der Waals surface area contributed by atoms with Gasteiger partial charge in [-0.2, -0.15) is 26.3 Å². The van der Waals surface area contributed by atoms with Gasteiger partial charge in [0.25, 0.3) is 0 Å². The first kappa shape index (κ1) is 54.6. The number of alkyl halides is 6. The molecule has 6 aliphatic rings. The van der Waals surface area contributed by atoms with E-state index in [2.05, 4.69) is 29.6 Å². The van der Waals surface area contributed by atoms with Crippen LogP contribution in [0.5, 0.6) is 0 Å². The van der Waals surface area contributed by atoms with Crippen LogP contribution in [0.2, 0.25) is 0 Å². The molecular formula is C54H64F6N10O6S2. The van der Waals surface area contributed by atoms with Gasteiger partial charge in [-0.3, -0.25) is 18.6 Å². The molecule has 0 amide bonds. The number of imidazole rings is 2. The number of ether oxygens (including phenoxy) is 2. The van der Waals surface area contributed by atoms with Gasteiger partial charge in [0, 0.05) is 77.6 Å². The zero-order valence-electron chi connectivity index (χ0n) is 43.7. The fourth-order valence-electron chi connectivity index (χ4n) is 12.7. The summed E-state index contributed by atoms with van der Waals surface area (Å²) in [5.74, 6) is 1.93. The number of nitrogens with zero attached hydrogens (tertiary/aromatic N) is 10. The summed E-state index contributed by atoms with van der Waals surface area (Å²) in [6.07, 6.45) is 2.18. The van der Waals surface area contributed by atoms with Crippen LogP contribution < -0.4 is 9.80 Å². The van der Waals surface area contributed by atoms with E-state index in [1.807, 2.05) is 21.2 Å². The number of benzene rings is 2. The number of halogens is 6. The van der Waals surface area contributed by atoms with Crippen LogP contribution in [0.25, 0.3) is 11.6 Å². The van der Waals surface area contributed by atoms with Crippen LogP contribution in [-0.4, -0.2) is 157 Å². The first-order chi connectivity index (χ1) is 37.0. The smallest absolute Gasteiger partial charge is 0.378 e. The summed E-state index contributed by atoms with van der Waals surface area (Å²) in [6, 6.07) is 8.62. The molecule has 2 atom stereocenters. The second-order valence-electron chi connectivity index (χ2n) is 22.3. The summed E-state index contributed by atoms with van der Waals surface area (Å²) in [4.78, 5) is 27.7. The van der Waals surface area contributed by atoms with Gasteiger partial charge in [-0.25, -0.2) is 36.8 Å². The lowest BCUT2D eigenvalue weighted by Crippen LogP contribution is -2.36. The molecule has 0 saturated carbocycles. The molecule has 6 saturated heterocycles. The van der Waals surface area contributed by atoms with Crippen LogP contribution in [0.15, 0.2) is 61.2 Å². The Kier molecular flexibility index (Phi) is 14.6.